The Bertz CT molecular complexity index is 3730. The van der Waals surface area contributed by atoms with Crippen molar-refractivity contribution in [3.05, 3.63) is 65.9 Å². The second-order valence-corrected chi connectivity index (χ2v) is 28.5. The van der Waals surface area contributed by atoms with E-state index in [9.17, 15) is 107 Å². The zero-order valence-corrected chi connectivity index (χ0v) is 63.8. The lowest BCUT2D eigenvalue weighted by atomic mass is 9.98. The molecule has 1 aromatic heterocycles. The fraction of sp³-hybridized carbons (Fsp3) is 0.569. The molecule has 38 nitrogen and oxygen atoms in total. The molecule has 3 rings (SSSR count). The van der Waals surface area contributed by atoms with Crippen molar-refractivity contribution in [1.82, 2.24) is 79.4 Å². The second kappa shape index (κ2) is 45.5. The molecular formula is C72H108N16O22. The van der Waals surface area contributed by atoms with Crippen LogP contribution in [-0.2, 0) is 94.3 Å². The molecule has 0 fully saturated rings. The molecule has 3 aromatic rings. The van der Waals surface area contributed by atoms with Gasteiger partial charge in [0.2, 0.25) is 82.7 Å². The number of aliphatic hydroxyl groups is 1. The van der Waals surface area contributed by atoms with Crippen LogP contribution < -0.4 is 80.2 Å². The molecule has 0 radical (unpaired) electrons. The van der Waals surface area contributed by atoms with Gasteiger partial charge in [-0.1, -0.05) is 120 Å². The number of hydrogen-bond donors (Lipinski definition) is 21. The first-order chi connectivity index (χ1) is 51.5. The van der Waals surface area contributed by atoms with Gasteiger partial charge in [-0.2, -0.15) is 0 Å². The number of benzene rings is 2. The van der Waals surface area contributed by atoms with Crippen LogP contribution in [0.4, 0.5) is 0 Å². The van der Waals surface area contributed by atoms with E-state index < -0.39 is 230 Å². The van der Waals surface area contributed by atoms with Crippen molar-refractivity contribution in [3.63, 3.8) is 0 Å². The Morgan fingerprint density at radius 1 is 0.409 bits per heavy atom. The summed E-state index contributed by atoms with van der Waals surface area (Å²) in [5.41, 5.74) is 7.31. The number of aromatic amines is 1. The van der Waals surface area contributed by atoms with Crippen molar-refractivity contribution in [2.24, 2.45) is 41.2 Å². The predicted octanol–water partition coefficient (Wildman–Crippen LogP) is -3.57. The maximum absolute atomic E-state index is 14.6. The number of nitrogens with one attached hydrogen (secondary N) is 15. The number of para-hydroxylation sites is 1. The minimum Gasteiger partial charge on any atom is -0.508 e. The van der Waals surface area contributed by atoms with Crippen LogP contribution in [0.15, 0.2) is 54.7 Å². The average molecular weight is 1550 g/mol. The van der Waals surface area contributed by atoms with Gasteiger partial charge in [0.05, 0.1) is 51.7 Å². The first-order valence-electron chi connectivity index (χ1n) is 36.0. The SMILES string of the molecule is CC[C@H](C)[C@H](N)C(=O)NCC(=O)NCC(=O)N[C@H](C(=O)NCC(=O)N[C@@H](CC(=O)O)C(=O)NCC(=O)N[C@@H](CC(C)C)C(=O)N[C@@H](Cc1ccc(O)cc1)C(=O)N[C@H](C(=O)N[C@H](C(=O)N[C@@H](CO)C(=O)N[C@@H](Cc1c[nH]c2ccccc12)C(=O)N[C@@H](CC(=O)O)C(=O)N[C@@H](CC(C)C)C(=O)O)C(C)C)C(C)C)C(C)C. The molecule has 0 bridgehead atoms. The lowest BCUT2D eigenvalue weighted by Crippen LogP contribution is -2.62. The molecule has 0 aliphatic rings. The van der Waals surface area contributed by atoms with Gasteiger partial charge in [0, 0.05) is 29.9 Å². The molecule has 608 valence electrons. The van der Waals surface area contributed by atoms with Gasteiger partial charge in [0.15, 0.2) is 0 Å². The average Bonchev–Trinajstić information content (AvgIpc) is 1.56. The van der Waals surface area contributed by atoms with Crippen molar-refractivity contribution >= 4 is 112 Å². The number of amides is 14. The molecule has 14 amide bonds. The number of phenolic OH excluding ortho intramolecular Hbond substituents is 1. The lowest BCUT2D eigenvalue weighted by Gasteiger charge is -2.30. The van der Waals surface area contributed by atoms with E-state index in [1.807, 2.05) is 6.92 Å². The van der Waals surface area contributed by atoms with E-state index >= 15 is 0 Å². The normalized spacial score (nSPS) is 14.5. The molecule has 0 aliphatic heterocycles. The summed E-state index contributed by atoms with van der Waals surface area (Å²) >= 11 is 0. The van der Waals surface area contributed by atoms with Gasteiger partial charge in [-0.3, -0.25) is 76.7 Å². The number of carboxylic acids is 3. The number of carbonyl (C=O) groups excluding carboxylic acids is 14. The third kappa shape index (κ3) is 31.9. The number of aliphatic hydroxyl groups excluding tert-OH is 1. The van der Waals surface area contributed by atoms with Crippen molar-refractivity contribution < 1.29 is 107 Å². The monoisotopic (exact) mass is 1550 g/mol. The van der Waals surface area contributed by atoms with E-state index in [0.717, 1.165) is 0 Å². The van der Waals surface area contributed by atoms with Crippen molar-refractivity contribution in [3.8, 4) is 5.75 Å². The number of nitrogens with two attached hydrogens (primary N) is 1. The van der Waals surface area contributed by atoms with E-state index in [4.69, 9.17) is 5.73 Å². The number of carbonyl (C=O) groups is 17. The fourth-order valence-corrected chi connectivity index (χ4v) is 10.9. The highest BCUT2D eigenvalue weighted by Gasteiger charge is 2.38. The second-order valence-electron chi connectivity index (χ2n) is 28.5. The highest BCUT2D eigenvalue weighted by molar-refractivity contribution is 6.01. The number of H-pyrrole nitrogens is 1. The Morgan fingerprint density at radius 2 is 0.809 bits per heavy atom. The number of phenols is 1. The molecule has 110 heavy (non-hydrogen) atoms. The molecule has 38 heteroatoms. The number of aliphatic carboxylic acids is 3. The Labute approximate surface area is 635 Å². The zero-order valence-electron chi connectivity index (χ0n) is 63.8. The first-order valence-corrected chi connectivity index (χ1v) is 36.0. The molecule has 0 saturated carbocycles. The quantitative estimate of drug-likeness (QED) is 0.0260. The molecule has 0 spiro atoms. The van der Waals surface area contributed by atoms with Crippen LogP contribution >= 0.6 is 0 Å². The van der Waals surface area contributed by atoms with Gasteiger partial charge in [-0.15, -0.1) is 0 Å². The largest absolute Gasteiger partial charge is 0.508 e. The number of fused-ring (bicyclic) bond motifs is 1. The molecule has 0 unspecified atom stereocenters. The van der Waals surface area contributed by atoms with Crippen LogP contribution in [0.25, 0.3) is 10.9 Å². The summed E-state index contributed by atoms with van der Waals surface area (Å²) in [6, 6.07) is -4.53. The highest BCUT2D eigenvalue weighted by atomic mass is 16.4. The first kappa shape index (κ1) is 92.9. The molecule has 2 aromatic carbocycles. The molecule has 22 N–H and O–H groups in total. The minimum atomic E-state index is -1.87. The molecule has 0 aliphatic carbocycles. The van der Waals surface area contributed by atoms with Crippen molar-refractivity contribution in [2.75, 3.05) is 32.8 Å². The Hall–Kier alpha value is -11.3. The summed E-state index contributed by atoms with van der Waals surface area (Å²) in [5, 5.41) is 83.9. The van der Waals surface area contributed by atoms with Gasteiger partial charge in [0.25, 0.3) is 0 Å². The van der Waals surface area contributed by atoms with Gasteiger partial charge in [-0.25, -0.2) is 4.79 Å². The van der Waals surface area contributed by atoms with Gasteiger partial charge in [0.1, 0.15) is 66.2 Å². The number of aromatic nitrogens is 1. The maximum Gasteiger partial charge on any atom is 0.326 e. The van der Waals surface area contributed by atoms with Crippen LogP contribution in [0.5, 0.6) is 5.75 Å². The predicted molar refractivity (Wildman–Crippen MR) is 395 cm³/mol. The lowest BCUT2D eigenvalue weighted by molar-refractivity contribution is -0.144. The van der Waals surface area contributed by atoms with Crippen LogP contribution in [0.3, 0.4) is 0 Å². The van der Waals surface area contributed by atoms with Crippen LogP contribution in [0.1, 0.15) is 126 Å². The minimum absolute atomic E-state index is 0.0525. The zero-order chi connectivity index (χ0) is 83.0. The molecule has 12 atom stereocenters. The fourth-order valence-electron chi connectivity index (χ4n) is 10.9. The van der Waals surface area contributed by atoms with Gasteiger partial charge >= 0.3 is 17.9 Å². The van der Waals surface area contributed by atoms with E-state index in [1.54, 1.807) is 86.6 Å². The smallest absolute Gasteiger partial charge is 0.326 e. The van der Waals surface area contributed by atoms with Gasteiger partial charge < -0.3 is 111 Å². The summed E-state index contributed by atoms with van der Waals surface area (Å²) in [5.74, 6) is -21.2. The molecule has 0 saturated heterocycles. The van der Waals surface area contributed by atoms with E-state index in [-0.39, 0.29) is 49.2 Å². The maximum atomic E-state index is 14.6. The summed E-state index contributed by atoms with van der Waals surface area (Å²) in [6.07, 6.45) is -0.654. The number of rotatable bonds is 47. The number of carboxylic acid groups (broad SMARTS) is 3. The van der Waals surface area contributed by atoms with E-state index in [1.165, 1.54) is 44.3 Å². The van der Waals surface area contributed by atoms with Crippen LogP contribution in [-0.4, -0.2) is 230 Å². The topological polar surface area (TPSA) is 602 Å². The third-order valence-electron chi connectivity index (χ3n) is 17.3. The summed E-state index contributed by atoms with van der Waals surface area (Å²) < 4.78 is 0. The Kier molecular flexibility index (Phi) is 38.4. The standard InChI is InChI=1S/C72H108N16O22/c1-13-39(12)58(73)68(105)77-29-52(91)75-30-55(94)86-59(36(6)7)69(106)78-32-54(93)80-48(26-56(95)96)62(99)76-31-53(92)79-45(22-34(2)3)63(100)81-46(24-40-18-20-42(90)21-19-40)66(103)87-61(38(10)11)71(108)88-60(37(8)9)70(107)85-51(33-89)67(104)82-47(25-41-28-74-44-17-15-14-16-43(41)44)64(101)83-49(27-57(97)98)65(102)84-50(72(109)110)23-35(4)5/h14-21,28,34-39,45-51,58-61,74,89-90H,13,22-27,29-33,73H2,1-12H3,(H,75,91)(H,76,99)(H,77,105)(H,78,106)(H,79,92)(H,80,93)(H,81,100)(H,82,104)(H,83,101)(H,84,102)(H,85,107)(H,86,94)(H,87,103)(H,88,108)(H,95,96)(H,97,98)(H,109,110)/t39-,45-,46-,47-,48-,49-,50-,51-,58-,59-,60-,61-/m0/s1. The van der Waals surface area contributed by atoms with E-state index in [0.29, 0.717) is 28.5 Å². The van der Waals surface area contributed by atoms with Crippen molar-refractivity contribution in [1.29, 1.82) is 0 Å². The molecular weight excluding hydrogens is 1440 g/mol. The summed E-state index contributed by atoms with van der Waals surface area (Å²) in [7, 11) is 0. The van der Waals surface area contributed by atoms with Crippen LogP contribution in [0.2, 0.25) is 0 Å². The summed E-state index contributed by atoms with van der Waals surface area (Å²) in [6.45, 7) is 15.7. The Morgan fingerprint density at radius 3 is 1.34 bits per heavy atom. The number of aromatic hydroxyl groups is 1. The van der Waals surface area contributed by atoms with Crippen LogP contribution in [0, 0.1) is 35.5 Å². The van der Waals surface area contributed by atoms with Crippen molar-refractivity contribution in [2.45, 2.75) is 194 Å². The third-order valence-corrected chi connectivity index (χ3v) is 17.3. The molecule has 1 heterocycles. The van der Waals surface area contributed by atoms with Gasteiger partial charge in [-0.05, 0) is 77.7 Å². The Balaban J connectivity index is 1.79. The summed E-state index contributed by atoms with van der Waals surface area (Å²) in [4.78, 5) is 229. The van der Waals surface area contributed by atoms with E-state index in [2.05, 4.69) is 79.4 Å². The highest BCUT2D eigenvalue weighted by Crippen LogP contribution is 2.21. The number of hydrogen-bond acceptors (Lipinski definition) is 20.